The number of carbonyl (C=O) groups is 1. The van der Waals surface area contributed by atoms with E-state index in [1.54, 1.807) is 35.9 Å². The van der Waals surface area contributed by atoms with Crippen LogP contribution in [0.25, 0.3) is 10.9 Å². The second-order valence-corrected chi connectivity index (χ2v) is 7.96. The first-order chi connectivity index (χ1) is 14.0. The second-order valence-electron chi connectivity index (χ2n) is 6.58. The van der Waals surface area contributed by atoms with Crippen molar-refractivity contribution < 1.29 is 9.53 Å². The molecule has 0 bridgehead atoms. The number of hydrogen-bond acceptors (Lipinski definition) is 5. The zero-order chi connectivity index (χ0) is 20.8. The van der Waals surface area contributed by atoms with Crippen LogP contribution in [0.15, 0.2) is 58.5 Å². The summed E-state index contributed by atoms with van der Waals surface area (Å²) in [5, 5.41) is 4.57. The molecule has 0 saturated heterocycles. The highest BCUT2D eigenvalue weighted by molar-refractivity contribution is 7.99. The van der Waals surface area contributed by atoms with Crippen LogP contribution in [0.5, 0.6) is 0 Å². The van der Waals surface area contributed by atoms with Crippen molar-refractivity contribution in [3.8, 4) is 0 Å². The summed E-state index contributed by atoms with van der Waals surface area (Å²) in [6.07, 6.45) is 0. The van der Waals surface area contributed by atoms with Gasteiger partial charge in [0.05, 0.1) is 29.3 Å². The molecule has 0 aliphatic rings. The van der Waals surface area contributed by atoms with E-state index in [-0.39, 0.29) is 23.3 Å². The molecule has 29 heavy (non-hydrogen) atoms. The highest BCUT2D eigenvalue weighted by atomic mass is 35.5. The van der Waals surface area contributed by atoms with E-state index in [0.717, 1.165) is 5.56 Å². The van der Waals surface area contributed by atoms with Gasteiger partial charge in [-0.2, -0.15) is 0 Å². The molecule has 152 valence electrons. The van der Waals surface area contributed by atoms with Crippen molar-refractivity contribution in [3.63, 3.8) is 0 Å². The molecule has 0 radical (unpaired) electrons. The van der Waals surface area contributed by atoms with E-state index in [2.05, 4.69) is 10.3 Å². The molecule has 8 heteroatoms. The lowest BCUT2D eigenvalue weighted by Crippen LogP contribution is -2.29. The van der Waals surface area contributed by atoms with Gasteiger partial charge in [-0.3, -0.25) is 14.2 Å². The zero-order valence-corrected chi connectivity index (χ0v) is 17.8. The Morgan fingerprint density at radius 1 is 1.24 bits per heavy atom. The Bertz CT molecular complexity index is 1050. The Hall–Kier alpha value is -2.35. The summed E-state index contributed by atoms with van der Waals surface area (Å²) in [6.45, 7) is 2.68. The molecule has 1 amide bonds. The largest absolute Gasteiger partial charge is 0.383 e. The number of carbonyl (C=O) groups excluding carboxylic acids is 1. The van der Waals surface area contributed by atoms with Crippen LogP contribution >= 0.6 is 23.4 Å². The summed E-state index contributed by atoms with van der Waals surface area (Å²) in [5.74, 6) is 0.0104. The molecule has 1 unspecified atom stereocenters. The van der Waals surface area contributed by atoms with Crippen molar-refractivity contribution in [2.45, 2.75) is 24.7 Å². The number of benzene rings is 2. The lowest BCUT2D eigenvalue weighted by atomic mass is 10.2. The van der Waals surface area contributed by atoms with Gasteiger partial charge in [-0.1, -0.05) is 47.6 Å². The van der Waals surface area contributed by atoms with Crippen LogP contribution in [0.1, 0.15) is 18.5 Å². The van der Waals surface area contributed by atoms with E-state index in [9.17, 15) is 9.59 Å². The summed E-state index contributed by atoms with van der Waals surface area (Å²) in [5.41, 5.74) is 1.44. The SMILES string of the molecule is COCC(C)n1c(SCC(=O)NCc2ccc(Cl)cc2)nc2ccccc2c1=O. The molecular formula is C21H22ClN3O3S. The number of thioether (sulfide) groups is 1. The molecule has 6 nitrogen and oxygen atoms in total. The Kier molecular flexibility index (Phi) is 7.30. The maximum atomic E-state index is 13.0. The number of ether oxygens (including phenoxy) is 1. The minimum Gasteiger partial charge on any atom is -0.383 e. The van der Waals surface area contributed by atoms with Gasteiger partial charge in [-0.15, -0.1) is 0 Å². The minimum absolute atomic E-state index is 0.135. The van der Waals surface area contributed by atoms with Gasteiger partial charge in [-0.05, 0) is 36.8 Å². The fourth-order valence-corrected chi connectivity index (χ4v) is 3.97. The molecule has 2 aromatic carbocycles. The van der Waals surface area contributed by atoms with Gasteiger partial charge in [0.2, 0.25) is 5.91 Å². The van der Waals surface area contributed by atoms with Crippen LogP contribution in [0.4, 0.5) is 0 Å². The van der Waals surface area contributed by atoms with E-state index in [1.165, 1.54) is 11.8 Å². The van der Waals surface area contributed by atoms with Crippen molar-refractivity contribution in [2.75, 3.05) is 19.5 Å². The molecule has 0 fully saturated rings. The van der Waals surface area contributed by atoms with E-state index >= 15 is 0 Å². The average Bonchev–Trinajstić information content (AvgIpc) is 2.72. The van der Waals surface area contributed by atoms with E-state index in [4.69, 9.17) is 16.3 Å². The predicted octanol–water partition coefficient (Wildman–Crippen LogP) is 3.67. The summed E-state index contributed by atoms with van der Waals surface area (Å²) >= 11 is 7.11. The van der Waals surface area contributed by atoms with Crippen molar-refractivity contribution in [1.29, 1.82) is 0 Å². The monoisotopic (exact) mass is 431 g/mol. The second kappa shape index (κ2) is 9.91. The Morgan fingerprint density at radius 3 is 2.69 bits per heavy atom. The highest BCUT2D eigenvalue weighted by Gasteiger charge is 2.17. The number of halogens is 1. The van der Waals surface area contributed by atoms with Crippen LogP contribution in [0.3, 0.4) is 0 Å². The molecule has 1 atom stereocenters. The van der Waals surface area contributed by atoms with Crippen molar-refractivity contribution in [3.05, 3.63) is 69.5 Å². The van der Waals surface area contributed by atoms with Gasteiger partial charge in [0, 0.05) is 18.7 Å². The summed E-state index contributed by atoms with van der Waals surface area (Å²) in [7, 11) is 1.59. The normalized spacial score (nSPS) is 12.1. The molecule has 3 rings (SSSR count). The average molecular weight is 432 g/mol. The van der Waals surface area contributed by atoms with Gasteiger partial charge in [-0.25, -0.2) is 4.98 Å². The molecule has 3 aromatic rings. The fourth-order valence-electron chi connectivity index (χ4n) is 2.92. The molecule has 1 heterocycles. The number of fused-ring (bicyclic) bond motifs is 1. The smallest absolute Gasteiger partial charge is 0.262 e. The molecule has 1 N–H and O–H groups in total. The third kappa shape index (κ3) is 5.38. The standard InChI is InChI=1S/C21H22ClN3O3S/c1-14(12-28-2)25-20(27)17-5-3-4-6-18(17)24-21(25)29-13-19(26)23-11-15-7-9-16(22)10-8-15/h3-10,14H,11-13H2,1-2H3,(H,23,26). The first kappa shape index (κ1) is 21.4. The first-order valence-electron chi connectivity index (χ1n) is 9.13. The van der Waals surface area contributed by atoms with E-state index in [0.29, 0.717) is 34.2 Å². The molecule has 0 spiro atoms. The van der Waals surface area contributed by atoms with Gasteiger partial charge in [0.1, 0.15) is 0 Å². The van der Waals surface area contributed by atoms with Gasteiger partial charge >= 0.3 is 0 Å². The van der Waals surface area contributed by atoms with Crippen LogP contribution < -0.4 is 10.9 Å². The van der Waals surface area contributed by atoms with Crippen LogP contribution in [0.2, 0.25) is 5.02 Å². The maximum Gasteiger partial charge on any atom is 0.262 e. The number of amides is 1. The molecule has 0 aliphatic carbocycles. The fraction of sp³-hybridized carbons (Fsp3) is 0.286. The Labute approximate surface area is 178 Å². The number of methoxy groups -OCH3 is 1. The predicted molar refractivity (Wildman–Crippen MR) is 117 cm³/mol. The van der Waals surface area contributed by atoms with Crippen LogP contribution in [-0.4, -0.2) is 34.9 Å². The van der Waals surface area contributed by atoms with Gasteiger partial charge in [0.25, 0.3) is 5.56 Å². The minimum atomic E-state index is -0.204. The number of nitrogens with zero attached hydrogens (tertiary/aromatic N) is 2. The molecule has 1 aromatic heterocycles. The molecule has 0 aliphatic heterocycles. The summed E-state index contributed by atoms with van der Waals surface area (Å²) < 4.78 is 6.82. The molecular weight excluding hydrogens is 410 g/mol. The quantitative estimate of drug-likeness (QED) is 0.435. The first-order valence-corrected chi connectivity index (χ1v) is 10.5. The van der Waals surface area contributed by atoms with E-state index < -0.39 is 0 Å². The van der Waals surface area contributed by atoms with Crippen molar-refractivity contribution in [1.82, 2.24) is 14.9 Å². The van der Waals surface area contributed by atoms with Gasteiger partial charge < -0.3 is 10.1 Å². The van der Waals surface area contributed by atoms with Crippen molar-refractivity contribution >= 4 is 40.2 Å². The number of aromatic nitrogens is 2. The van der Waals surface area contributed by atoms with Crippen LogP contribution in [0, 0.1) is 0 Å². The number of hydrogen-bond donors (Lipinski definition) is 1. The Balaban J connectivity index is 1.75. The Morgan fingerprint density at radius 2 is 1.97 bits per heavy atom. The topological polar surface area (TPSA) is 73.2 Å². The number of nitrogens with one attached hydrogen (secondary N) is 1. The van der Waals surface area contributed by atoms with Crippen molar-refractivity contribution in [2.24, 2.45) is 0 Å². The summed E-state index contributed by atoms with van der Waals surface area (Å²) in [6, 6.07) is 14.3. The highest BCUT2D eigenvalue weighted by Crippen LogP contribution is 2.21. The third-order valence-corrected chi connectivity index (χ3v) is 5.56. The molecule has 0 saturated carbocycles. The zero-order valence-electron chi connectivity index (χ0n) is 16.2. The van der Waals surface area contributed by atoms with Crippen LogP contribution in [-0.2, 0) is 16.1 Å². The maximum absolute atomic E-state index is 13.0. The third-order valence-electron chi connectivity index (χ3n) is 4.36. The number of para-hydroxylation sites is 1. The lowest BCUT2D eigenvalue weighted by Gasteiger charge is -2.18. The van der Waals surface area contributed by atoms with Gasteiger partial charge in [0.15, 0.2) is 5.16 Å². The number of rotatable bonds is 8. The summed E-state index contributed by atoms with van der Waals surface area (Å²) in [4.78, 5) is 29.9. The lowest BCUT2D eigenvalue weighted by molar-refractivity contribution is -0.118. The van der Waals surface area contributed by atoms with E-state index in [1.807, 2.05) is 31.2 Å².